The number of imidazole rings is 1. The van der Waals surface area contributed by atoms with E-state index in [0.29, 0.717) is 23.0 Å². The largest absolute Gasteiger partial charge is 0.481 e. The highest BCUT2D eigenvalue weighted by Crippen LogP contribution is 2.33. The fraction of sp³-hybridized carbons (Fsp3) is 0.424. The average molecular weight is 641 g/mol. The van der Waals surface area contributed by atoms with Gasteiger partial charge in [0.25, 0.3) is 5.56 Å². The van der Waals surface area contributed by atoms with Crippen molar-refractivity contribution in [2.45, 2.75) is 65.2 Å². The number of nitrogens with zero attached hydrogens (tertiary/aromatic N) is 5. The number of benzene rings is 1. The second kappa shape index (κ2) is 13.9. The molecule has 0 aliphatic rings. The van der Waals surface area contributed by atoms with Crippen molar-refractivity contribution < 1.29 is 27.9 Å². The number of hydrogen-bond donors (Lipinski definition) is 2. The van der Waals surface area contributed by atoms with Gasteiger partial charge in [-0.25, -0.2) is 9.50 Å². The fourth-order valence-corrected chi connectivity index (χ4v) is 5.66. The first kappa shape index (κ1) is 34.4. The Morgan fingerprint density at radius 3 is 2.37 bits per heavy atom. The summed E-state index contributed by atoms with van der Waals surface area (Å²) in [6.45, 7) is 7.80. The Morgan fingerprint density at radius 2 is 1.78 bits per heavy atom. The van der Waals surface area contributed by atoms with Gasteiger partial charge in [0.05, 0.1) is 23.7 Å². The number of carboxylic acid groups (broad SMARTS) is 1. The lowest BCUT2D eigenvalue weighted by molar-refractivity contribution is -0.139. The van der Waals surface area contributed by atoms with Crippen LogP contribution in [0.2, 0.25) is 0 Å². The van der Waals surface area contributed by atoms with Gasteiger partial charge < -0.3 is 19.9 Å². The maximum atomic E-state index is 14.1. The van der Waals surface area contributed by atoms with Crippen LogP contribution in [-0.2, 0) is 22.2 Å². The minimum Gasteiger partial charge on any atom is -0.481 e. The van der Waals surface area contributed by atoms with E-state index in [-0.39, 0.29) is 30.9 Å². The maximum absolute atomic E-state index is 14.1. The van der Waals surface area contributed by atoms with E-state index in [4.69, 9.17) is 0 Å². The van der Waals surface area contributed by atoms with E-state index in [1.165, 1.54) is 10.7 Å². The Labute approximate surface area is 264 Å². The number of carboxylic acids is 1. The third-order valence-corrected chi connectivity index (χ3v) is 7.83. The highest BCUT2D eigenvalue weighted by atomic mass is 19.4. The summed E-state index contributed by atoms with van der Waals surface area (Å²) < 4.78 is 44.3. The molecule has 3 heterocycles. The van der Waals surface area contributed by atoms with Gasteiger partial charge in [0, 0.05) is 42.3 Å². The summed E-state index contributed by atoms with van der Waals surface area (Å²) in [5, 5.41) is 17.4. The van der Waals surface area contributed by atoms with E-state index in [0.717, 1.165) is 27.5 Å². The Hall–Kier alpha value is -4.52. The van der Waals surface area contributed by atoms with Crippen LogP contribution in [0, 0.1) is 19.8 Å². The predicted octanol–water partition coefficient (Wildman–Crippen LogP) is 5.22. The number of carbonyl (C=O) groups is 2. The van der Waals surface area contributed by atoms with E-state index >= 15 is 0 Å². The molecular formula is C33H39F3N6O4. The van der Waals surface area contributed by atoms with Crippen molar-refractivity contribution in [1.29, 1.82) is 0 Å². The van der Waals surface area contributed by atoms with Crippen LogP contribution in [0.15, 0.2) is 53.7 Å². The van der Waals surface area contributed by atoms with Crippen molar-refractivity contribution >= 4 is 17.5 Å². The van der Waals surface area contributed by atoms with Gasteiger partial charge in [0.2, 0.25) is 5.91 Å². The summed E-state index contributed by atoms with van der Waals surface area (Å²) in [6, 6.07) is 5.71. The summed E-state index contributed by atoms with van der Waals surface area (Å²) in [5.41, 5.74) is 1.87. The van der Waals surface area contributed by atoms with Crippen LogP contribution in [-0.4, -0.2) is 61.7 Å². The molecule has 0 bridgehead atoms. The molecule has 0 spiro atoms. The molecule has 13 heteroatoms. The third-order valence-electron chi connectivity index (χ3n) is 7.83. The SMILES string of the molecule is Cc1cccc(C)c1-c1cc([C@@H](CC(=O)O)NC(=O)[C@H](CC(C)C)n2cc(CCN(C)C)c(C(F)(F)F)cc2=O)c2nccn2n1. The van der Waals surface area contributed by atoms with Crippen molar-refractivity contribution in [1.82, 2.24) is 29.4 Å². The quantitative estimate of drug-likeness (QED) is 0.218. The number of aliphatic carboxylic acids is 1. The second-order valence-corrected chi connectivity index (χ2v) is 12.3. The van der Waals surface area contributed by atoms with Gasteiger partial charge in [0.15, 0.2) is 5.65 Å². The summed E-state index contributed by atoms with van der Waals surface area (Å²) in [6.07, 6.45) is -0.914. The number of aryl methyl sites for hydroxylation is 2. The van der Waals surface area contributed by atoms with E-state index < -0.39 is 47.7 Å². The van der Waals surface area contributed by atoms with Crippen LogP contribution >= 0.6 is 0 Å². The molecule has 0 radical (unpaired) electrons. The van der Waals surface area contributed by atoms with Crippen LogP contribution < -0.4 is 10.9 Å². The molecule has 2 N–H and O–H groups in total. The van der Waals surface area contributed by atoms with Crippen LogP contribution in [0.3, 0.4) is 0 Å². The number of aromatic nitrogens is 4. The van der Waals surface area contributed by atoms with Crippen molar-refractivity contribution in [3.8, 4) is 11.3 Å². The number of pyridine rings is 1. The average Bonchev–Trinajstić information content (AvgIpc) is 3.42. The van der Waals surface area contributed by atoms with Crippen LogP contribution in [0.1, 0.15) is 66.6 Å². The van der Waals surface area contributed by atoms with Gasteiger partial charge >= 0.3 is 12.1 Å². The molecule has 0 saturated carbocycles. The normalized spacial score (nSPS) is 13.4. The van der Waals surface area contributed by atoms with Gasteiger partial charge in [-0.15, -0.1) is 0 Å². The minimum absolute atomic E-state index is 0.00421. The molecule has 3 aromatic heterocycles. The van der Waals surface area contributed by atoms with Gasteiger partial charge in [-0.3, -0.25) is 14.4 Å². The zero-order valence-electron chi connectivity index (χ0n) is 26.7. The molecule has 0 saturated heterocycles. The van der Waals surface area contributed by atoms with Crippen LogP contribution in [0.5, 0.6) is 0 Å². The van der Waals surface area contributed by atoms with Crippen molar-refractivity contribution in [2.75, 3.05) is 20.6 Å². The Kier molecular flexibility index (Phi) is 10.3. The minimum atomic E-state index is -4.76. The molecule has 246 valence electrons. The predicted molar refractivity (Wildman–Crippen MR) is 167 cm³/mol. The molecule has 2 atom stereocenters. The van der Waals surface area contributed by atoms with Gasteiger partial charge in [-0.2, -0.15) is 18.3 Å². The number of fused-ring (bicyclic) bond motifs is 1. The van der Waals surface area contributed by atoms with E-state index in [2.05, 4.69) is 15.4 Å². The number of nitrogens with one attached hydrogen (secondary N) is 1. The number of carbonyl (C=O) groups excluding carboxylic acids is 1. The molecule has 4 rings (SSSR count). The Balaban J connectivity index is 1.82. The Bertz CT molecular complexity index is 1770. The molecule has 0 unspecified atom stereocenters. The highest BCUT2D eigenvalue weighted by molar-refractivity contribution is 5.82. The molecule has 1 amide bonds. The smallest absolute Gasteiger partial charge is 0.416 e. The molecule has 46 heavy (non-hydrogen) atoms. The van der Waals surface area contributed by atoms with E-state index in [1.54, 1.807) is 31.3 Å². The van der Waals surface area contributed by atoms with Crippen molar-refractivity contribution in [3.63, 3.8) is 0 Å². The highest BCUT2D eigenvalue weighted by Gasteiger charge is 2.36. The first-order valence-corrected chi connectivity index (χ1v) is 15.0. The van der Waals surface area contributed by atoms with Crippen LogP contribution in [0.4, 0.5) is 13.2 Å². The summed E-state index contributed by atoms with van der Waals surface area (Å²) >= 11 is 0. The third kappa shape index (κ3) is 7.82. The lowest BCUT2D eigenvalue weighted by atomic mass is 9.96. The molecule has 1 aromatic carbocycles. The maximum Gasteiger partial charge on any atom is 0.416 e. The number of rotatable bonds is 12. The summed E-state index contributed by atoms with van der Waals surface area (Å²) in [7, 11) is 3.45. The summed E-state index contributed by atoms with van der Waals surface area (Å²) in [4.78, 5) is 45.5. The van der Waals surface area contributed by atoms with Gasteiger partial charge in [-0.1, -0.05) is 32.0 Å². The lowest BCUT2D eigenvalue weighted by Crippen LogP contribution is -2.40. The number of likely N-dealkylation sites (N-methyl/N-ethyl adjacent to an activating group) is 1. The van der Waals surface area contributed by atoms with Crippen molar-refractivity contribution in [3.05, 3.63) is 87.1 Å². The second-order valence-electron chi connectivity index (χ2n) is 12.3. The zero-order valence-corrected chi connectivity index (χ0v) is 26.7. The molecule has 10 nitrogen and oxygen atoms in total. The van der Waals surface area contributed by atoms with E-state index in [9.17, 15) is 32.7 Å². The molecule has 0 aliphatic heterocycles. The topological polar surface area (TPSA) is 122 Å². The van der Waals surface area contributed by atoms with Gasteiger partial charge in [0.1, 0.15) is 6.04 Å². The fourth-order valence-electron chi connectivity index (χ4n) is 5.66. The van der Waals surface area contributed by atoms with E-state index in [1.807, 2.05) is 45.9 Å². The zero-order chi connectivity index (χ0) is 33.9. The van der Waals surface area contributed by atoms with Crippen molar-refractivity contribution in [2.24, 2.45) is 5.92 Å². The monoisotopic (exact) mass is 640 g/mol. The standard InChI is InChI=1S/C33H39F3N6O4/c1-19(2)14-27(41-18-22(10-12-40(5)6)24(16-28(41)43)33(34,35)36)32(46)38-25(17-29(44)45)23-15-26(39-42-13-11-37-31(23)42)30-20(3)8-7-9-21(30)4/h7-9,11,13,15-16,18-19,25,27H,10,12,14,17H2,1-6H3,(H,38,46)(H,44,45)/t25-,27+/m1/s1. The molecule has 0 fully saturated rings. The molecule has 0 aliphatic carbocycles. The lowest BCUT2D eigenvalue weighted by Gasteiger charge is -2.26. The number of amides is 1. The molecular weight excluding hydrogens is 601 g/mol. The number of alkyl halides is 3. The molecule has 4 aromatic rings. The first-order chi connectivity index (χ1) is 21.6. The van der Waals surface area contributed by atoms with Crippen LogP contribution in [0.25, 0.3) is 16.9 Å². The summed E-state index contributed by atoms with van der Waals surface area (Å²) in [5.74, 6) is -2.03. The number of hydrogen-bond acceptors (Lipinski definition) is 6. The Morgan fingerprint density at radius 1 is 1.11 bits per heavy atom. The van der Waals surface area contributed by atoms with Gasteiger partial charge in [-0.05, 0) is 69.5 Å². The number of halogens is 3. The first-order valence-electron chi connectivity index (χ1n) is 15.0.